The van der Waals surface area contributed by atoms with Gasteiger partial charge in [-0.15, -0.1) is 0 Å². The molecule has 0 spiro atoms. The summed E-state index contributed by atoms with van der Waals surface area (Å²) in [7, 11) is 2.64. The minimum atomic E-state index is -1.99. The van der Waals surface area contributed by atoms with Gasteiger partial charge in [-0.25, -0.2) is 9.69 Å². The number of hydrogen-bond acceptors (Lipinski definition) is 7. The molecule has 0 heterocycles. The molecule has 3 aromatic rings. The Morgan fingerprint density at radius 3 is 1.35 bits per heavy atom. The Morgan fingerprint density at radius 2 is 1.06 bits per heavy atom. The molecule has 3 aromatic carbocycles. The molecule has 0 aromatic heterocycles. The Labute approximate surface area is 200 Å². The van der Waals surface area contributed by atoms with Crippen molar-refractivity contribution in [1.82, 2.24) is 4.90 Å². The molecule has 0 aliphatic carbocycles. The highest BCUT2D eigenvalue weighted by molar-refractivity contribution is 5.79. The normalized spacial score (nSPS) is 12.0. The van der Waals surface area contributed by atoms with Gasteiger partial charge in [0.1, 0.15) is 0 Å². The number of aliphatic hydroxyl groups is 2. The van der Waals surface area contributed by atoms with Crippen molar-refractivity contribution in [2.75, 3.05) is 40.5 Å². The first kappa shape index (κ1) is 25.6. The summed E-state index contributed by atoms with van der Waals surface area (Å²) < 4.78 is 17.6. The van der Waals surface area contributed by atoms with Crippen LogP contribution in [0.3, 0.4) is 0 Å². The van der Waals surface area contributed by atoms with E-state index in [2.05, 4.69) is 0 Å². The number of esters is 1. The Morgan fingerprint density at radius 1 is 0.706 bits per heavy atom. The first-order valence-electron chi connectivity index (χ1n) is 11.1. The summed E-state index contributed by atoms with van der Waals surface area (Å²) >= 11 is 0. The van der Waals surface area contributed by atoms with Crippen LogP contribution >= 0.6 is 0 Å². The predicted octanol–water partition coefficient (Wildman–Crippen LogP) is 2.75. The van der Waals surface area contributed by atoms with E-state index < -0.39 is 17.5 Å². The van der Waals surface area contributed by atoms with Crippen molar-refractivity contribution in [3.8, 4) is 0 Å². The van der Waals surface area contributed by atoms with Crippen LogP contribution in [0.1, 0.15) is 16.7 Å². The highest BCUT2D eigenvalue weighted by atomic mass is 16.7. The first-order chi connectivity index (χ1) is 16.6. The number of hydrogen-bond donors (Lipinski definition) is 2. The van der Waals surface area contributed by atoms with Gasteiger partial charge in [-0.2, -0.15) is 0 Å². The molecule has 0 bridgehead atoms. The van der Waals surface area contributed by atoms with Crippen LogP contribution in [0.2, 0.25) is 0 Å². The summed E-state index contributed by atoms with van der Waals surface area (Å²) in [6.45, 7) is -0.509. The lowest BCUT2D eigenvalue weighted by Crippen LogP contribution is -2.61. The van der Waals surface area contributed by atoms with E-state index in [4.69, 9.17) is 14.2 Å². The summed E-state index contributed by atoms with van der Waals surface area (Å²) in [6.07, 6.45) is 0. The fourth-order valence-electron chi connectivity index (χ4n) is 4.18. The second-order valence-corrected chi connectivity index (χ2v) is 7.59. The van der Waals surface area contributed by atoms with Crippen LogP contribution in [-0.2, 0) is 24.6 Å². The SMILES string of the molecule is COC(OC)(C(=O)OC(c1ccccc1)(c1ccccc1)c1ccccc1)N(CCO)CCO. The predicted molar refractivity (Wildman–Crippen MR) is 128 cm³/mol. The quantitative estimate of drug-likeness (QED) is 0.242. The fraction of sp³-hybridized carbons (Fsp3) is 0.296. The first-order valence-corrected chi connectivity index (χ1v) is 11.1. The second-order valence-electron chi connectivity index (χ2n) is 7.59. The molecule has 0 saturated heterocycles. The zero-order chi connectivity index (χ0) is 24.4. The smallest absolute Gasteiger partial charge is 0.385 e. The maximum Gasteiger partial charge on any atom is 0.385 e. The van der Waals surface area contributed by atoms with Crippen LogP contribution in [0.25, 0.3) is 0 Å². The van der Waals surface area contributed by atoms with Crippen LogP contribution in [-0.4, -0.2) is 67.5 Å². The topological polar surface area (TPSA) is 88.5 Å². The van der Waals surface area contributed by atoms with Gasteiger partial charge in [-0.3, -0.25) is 0 Å². The van der Waals surface area contributed by atoms with Crippen molar-refractivity contribution in [1.29, 1.82) is 0 Å². The molecule has 0 amide bonds. The Hall–Kier alpha value is -3.07. The maximum absolute atomic E-state index is 14.0. The number of nitrogens with zero attached hydrogens (tertiary/aromatic N) is 1. The molecule has 2 N–H and O–H groups in total. The van der Waals surface area contributed by atoms with Crippen molar-refractivity contribution >= 4 is 5.97 Å². The molecular weight excluding hydrogens is 434 g/mol. The molecular formula is C27H31NO6. The summed E-state index contributed by atoms with van der Waals surface area (Å²) in [6, 6.07) is 28.4. The van der Waals surface area contributed by atoms with E-state index in [0.717, 1.165) is 16.7 Å². The average Bonchev–Trinajstić information content (AvgIpc) is 2.90. The third-order valence-corrected chi connectivity index (χ3v) is 5.75. The lowest BCUT2D eigenvalue weighted by molar-refractivity contribution is -0.297. The van der Waals surface area contributed by atoms with E-state index in [0.29, 0.717) is 0 Å². The third-order valence-electron chi connectivity index (χ3n) is 5.75. The second kappa shape index (κ2) is 11.9. The van der Waals surface area contributed by atoms with Gasteiger partial charge >= 0.3 is 11.9 Å². The zero-order valence-corrected chi connectivity index (χ0v) is 19.5. The fourth-order valence-corrected chi connectivity index (χ4v) is 4.18. The molecule has 0 atom stereocenters. The molecule has 0 saturated carbocycles. The average molecular weight is 466 g/mol. The minimum Gasteiger partial charge on any atom is -0.439 e. The molecule has 0 radical (unpaired) electrons. The summed E-state index contributed by atoms with van der Waals surface area (Å²) in [5, 5.41) is 19.2. The monoisotopic (exact) mass is 465 g/mol. The number of ether oxygens (including phenoxy) is 3. The zero-order valence-electron chi connectivity index (χ0n) is 19.5. The molecule has 3 rings (SSSR count). The van der Waals surface area contributed by atoms with Gasteiger partial charge in [0, 0.05) is 44.0 Å². The Bertz CT molecular complexity index is 906. The van der Waals surface area contributed by atoms with Gasteiger partial charge in [-0.05, 0) is 0 Å². The molecule has 0 aliphatic rings. The Kier molecular flexibility index (Phi) is 8.92. The van der Waals surface area contributed by atoms with Crippen LogP contribution in [0.15, 0.2) is 91.0 Å². The number of benzene rings is 3. The highest BCUT2D eigenvalue weighted by Crippen LogP contribution is 2.42. The van der Waals surface area contributed by atoms with Gasteiger partial charge in [0.05, 0.1) is 13.2 Å². The number of methoxy groups -OCH3 is 2. The van der Waals surface area contributed by atoms with E-state index in [1.807, 2.05) is 91.0 Å². The largest absolute Gasteiger partial charge is 0.439 e. The summed E-state index contributed by atoms with van der Waals surface area (Å²) in [5.74, 6) is -2.81. The van der Waals surface area contributed by atoms with Crippen LogP contribution in [0.4, 0.5) is 0 Å². The van der Waals surface area contributed by atoms with Crippen LogP contribution < -0.4 is 0 Å². The van der Waals surface area contributed by atoms with Crippen molar-refractivity contribution in [2.45, 2.75) is 11.5 Å². The van der Waals surface area contributed by atoms with E-state index >= 15 is 0 Å². The minimum absolute atomic E-state index is 0.0202. The van der Waals surface area contributed by atoms with Crippen molar-refractivity contribution in [3.63, 3.8) is 0 Å². The number of carbonyl (C=O) groups excluding carboxylic acids is 1. The third kappa shape index (κ3) is 4.89. The van der Waals surface area contributed by atoms with Crippen molar-refractivity contribution in [2.24, 2.45) is 0 Å². The summed E-state index contributed by atoms with van der Waals surface area (Å²) in [4.78, 5) is 15.4. The maximum atomic E-state index is 14.0. The molecule has 34 heavy (non-hydrogen) atoms. The van der Waals surface area contributed by atoms with E-state index in [1.165, 1.54) is 19.1 Å². The molecule has 0 aliphatic heterocycles. The summed E-state index contributed by atoms with van der Waals surface area (Å²) in [5.41, 5.74) is 0.876. The van der Waals surface area contributed by atoms with E-state index in [9.17, 15) is 15.0 Å². The van der Waals surface area contributed by atoms with Gasteiger partial charge in [0.2, 0.25) is 0 Å². The lowest BCUT2D eigenvalue weighted by atomic mass is 9.80. The Balaban J connectivity index is 2.24. The number of carbonyl (C=O) groups is 1. The van der Waals surface area contributed by atoms with Crippen molar-refractivity contribution < 1.29 is 29.2 Å². The standard InChI is InChI=1S/C27H31NO6/c1-32-27(33-2,28(18-20-29)19-21-30)25(31)34-26(22-12-6-3-7-13-22,23-14-8-4-9-15-23)24-16-10-5-11-17-24/h3-17,29-30H,18-21H2,1-2H3. The van der Waals surface area contributed by atoms with Crippen molar-refractivity contribution in [3.05, 3.63) is 108 Å². The van der Waals surface area contributed by atoms with E-state index in [1.54, 1.807) is 0 Å². The molecule has 180 valence electrons. The molecule has 7 heteroatoms. The van der Waals surface area contributed by atoms with Gasteiger partial charge in [0.25, 0.3) is 0 Å². The van der Waals surface area contributed by atoms with Crippen LogP contribution in [0, 0.1) is 0 Å². The number of aliphatic hydroxyl groups excluding tert-OH is 2. The highest BCUT2D eigenvalue weighted by Gasteiger charge is 2.52. The van der Waals surface area contributed by atoms with Gasteiger partial charge in [-0.1, -0.05) is 91.0 Å². The van der Waals surface area contributed by atoms with Crippen LogP contribution in [0.5, 0.6) is 0 Å². The molecule has 0 fully saturated rings. The number of rotatable bonds is 12. The molecule has 0 unspecified atom stereocenters. The van der Waals surface area contributed by atoms with Gasteiger partial charge in [0.15, 0.2) is 5.60 Å². The van der Waals surface area contributed by atoms with E-state index in [-0.39, 0.29) is 26.3 Å². The lowest BCUT2D eigenvalue weighted by Gasteiger charge is -2.42. The van der Waals surface area contributed by atoms with Gasteiger partial charge < -0.3 is 24.4 Å². The molecule has 7 nitrogen and oxygen atoms in total.